The number of hydrogen-bond donors (Lipinski definition) is 2. The maximum Gasteiger partial charge on any atom is 0.251 e. The largest absolute Gasteiger partial charge is 0.384 e. The first-order valence-corrected chi connectivity index (χ1v) is 10.4. The SMILES string of the molecule is Cc1cccc(-c2cc(N)n(-c3ccc(C(=O)NCCc4cccc(Cl)c4)cc3)n2)c1. The highest BCUT2D eigenvalue weighted by Crippen LogP contribution is 2.24. The molecule has 3 aromatic carbocycles. The van der Waals surface area contributed by atoms with Gasteiger partial charge in [0.1, 0.15) is 5.82 Å². The lowest BCUT2D eigenvalue weighted by Gasteiger charge is -2.08. The maximum absolute atomic E-state index is 12.5. The van der Waals surface area contributed by atoms with Gasteiger partial charge in [-0.3, -0.25) is 4.79 Å². The quantitative estimate of drug-likeness (QED) is 0.449. The zero-order chi connectivity index (χ0) is 21.8. The number of rotatable bonds is 6. The van der Waals surface area contributed by atoms with E-state index in [9.17, 15) is 4.79 Å². The van der Waals surface area contributed by atoms with Gasteiger partial charge in [0, 0.05) is 28.8 Å². The zero-order valence-corrected chi connectivity index (χ0v) is 17.9. The summed E-state index contributed by atoms with van der Waals surface area (Å²) in [6.07, 6.45) is 0.718. The van der Waals surface area contributed by atoms with Crippen molar-refractivity contribution < 1.29 is 4.79 Å². The van der Waals surface area contributed by atoms with Crippen LogP contribution in [0.15, 0.2) is 78.9 Å². The fourth-order valence-electron chi connectivity index (χ4n) is 3.42. The van der Waals surface area contributed by atoms with Crippen molar-refractivity contribution in [2.45, 2.75) is 13.3 Å². The molecule has 0 saturated carbocycles. The van der Waals surface area contributed by atoms with Crippen LogP contribution in [-0.4, -0.2) is 22.2 Å². The monoisotopic (exact) mass is 430 g/mol. The minimum absolute atomic E-state index is 0.123. The lowest BCUT2D eigenvalue weighted by Crippen LogP contribution is -2.25. The molecule has 4 rings (SSSR count). The topological polar surface area (TPSA) is 72.9 Å². The Morgan fingerprint density at radius 1 is 1.03 bits per heavy atom. The molecule has 0 radical (unpaired) electrons. The third-order valence-corrected chi connectivity index (χ3v) is 5.25. The van der Waals surface area contributed by atoms with Crippen LogP contribution in [0.25, 0.3) is 16.9 Å². The molecule has 3 N–H and O–H groups in total. The highest BCUT2D eigenvalue weighted by atomic mass is 35.5. The first-order valence-electron chi connectivity index (χ1n) is 10.1. The number of nitrogens with one attached hydrogen (secondary N) is 1. The Hall–Kier alpha value is -3.57. The number of hydrogen-bond acceptors (Lipinski definition) is 3. The predicted molar refractivity (Wildman–Crippen MR) is 126 cm³/mol. The van der Waals surface area contributed by atoms with Crippen LogP contribution in [0.3, 0.4) is 0 Å². The second-order valence-corrected chi connectivity index (χ2v) is 7.85. The minimum Gasteiger partial charge on any atom is -0.384 e. The normalized spacial score (nSPS) is 10.8. The van der Waals surface area contributed by atoms with Crippen LogP contribution in [0.1, 0.15) is 21.5 Å². The second-order valence-electron chi connectivity index (χ2n) is 7.42. The van der Waals surface area contributed by atoms with E-state index in [-0.39, 0.29) is 5.91 Å². The first-order chi connectivity index (χ1) is 15.0. The van der Waals surface area contributed by atoms with Crippen LogP contribution in [0, 0.1) is 6.92 Å². The summed E-state index contributed by atoms with van der Waals surface area (Å²) >= 11 is 6.00. The van der Waals surface area contributed by atoms with Gasteiger partial charge in [-0.2, -0.15) is 5.10 Å². The average Bonchev–Trinajstić information content (AvgIpc) is 3.15. The summed E-state index contributed by atoms with van der Waals surface area (Å²) < 4.78 is 1.68. The number of halogens is 1. The molecule has 1 aromatic heterocycles. The third-order valence-electron chi connectivity index (χ3n) is 5.01. The molecule has 156 valence electrons. The van der Waals surface area contributed by atoms with Gasteiger partial charge in [0.25, 0.3) is 5.91 Å². The molecule has 6 heteroatoms. The molecule has 31 heavy (non-hydrogen) atoms. The lowest BCUT2D eigenvalue weighted by atomic mass is 10.1. The van der Waals surface area contributed by atoms with E-state index in [0.29, 0.717) is 22.9 Å². The number of amides is 1. The van der Waals surface area contributed by atoms with Gasteiger partial charge in [-0.25, -0.2) is 4.68 Å². The summed E-state index contributed by atoms with van der Waals surface area (Å²) in [7, 11) is 0. The molecule has 0 aliphatic heterocycles. The molecule has 0 bridgehead atoms. The van der Waals surface area contributed by atoms with E-state index in [2.05, 4.69) is 16.5 Å². The van der Waals surface area contributed by atoms with Crippen molar-refractivity contribution in [3.05, 3.63) is 101 Å². The van der Waals surface area contributed by atoms with Crippen LogP contribution < -0.4 is 11.1 Å². The maximum atomic E-state index is 12.5. The summed E-state index contributed by atoms with van der Waals surface area (Å²) in [5.74, 6) is 0.415. The Morgan fingerprint density at radius 3 is 2.55 bits per heavy atom. The van der Waals surface area contributed by atoms with Crippen molar-refractivity contribution >= 4 is 23.3 Å². The van der Waals surface area contributed by atoms with Gasteiger partial charge in [0.2, 0.25) is 0 Å². The number of anilines is 1. The molecule has 0 unspecified atom stereocenters. The van der Waals surface area contributed by atoms with Gasteiger partial charge < -0.3 is 11.1 Å². The van der Waals surface area contributed by atoms with E-state index in [0.717, 1.165) is 34.5 Å². The predicted octanol–water partition coefficient (Wildman–Crippen LogP) is 5.06. The fourth-order valence-corrected chi connectivity index (χ4v) is 3.63. The molecular formula is C25H23ClN4O. The number of aromatic nitrogens is 2. The van der Waals surface area contributed by atoms with E-state index in [4.69, 9.17) is 17.3 Å². The van der Waals surface area contributed by atoms with Gasteiger partial charge >= 0.3 is 0 Å². The van der Waals surface area contributed by atoms with Crippen LogP contribution in [0.2, 0.25) is 5.02 Å². The molecule has 0 fully saturated rings. The lowest BCUT2D eigenvalue weighted by molar-refractivity contribution is 0.0954. The molecule has 0 saturated heterocycles. The van der Waals surface area contributed by atoms with E-state index < -0.39 is 0 Å². The molecule has 0 aliphatic carbocycles. The molecule has 0 aliphatic rings. The number of carbonyl (C=O) groups excluding carboxylic acids is 1. The molecule has 5 nitrogen and oxygen atoms in total. The first kappa shape index (κ1) is 20.7. The van der Waals surface area contributed by atoms with Crippen LogP contribution in [0.5, 0.6) is 0 Å². The summed E-state index contributed by atoms with van der Waals surface area (Å²) in [6.45, 7) is 2.58. The van der Waals surface area contributed by atoms with Gasteiger partial charge in [-0.05, 0) is 61.4 Å². The number of benzene rings is 3. The summed E-state index contributed by atoms with van der Waals surface area (Å²) in [4.78, 5) is 12.5. The fraction of sp³-hybridized carbons (Fsp3) is 0.120. The van der Waals surface area contributed by atoms with Crippen LogP contribution in [-0.2, 0) is 6.42 Å². The number of nitrogens with zero attached hydrogens (tertiary/aromatic N) is 2. The van der Waals surface area contributed by atoms with E-state index in [1.807, 2.05) is 67.6 Å². The Bertz CT molecular complexity index is 1210. The zero-order valence-electron chi connectivity index (χ0n) is 17.2. The van der Waals surface area contributed by atoms with Crippen molar-refractivity contribution in [3.63, 3.8) is 0 Å². The highest BCUT2D eigenvalue weighted by molar-refractivity contribution is 6.30. The Morgan fingerprint density at radius 2 is 1.81 bits per heavy atom. The van der Waals surface area contributed by atoms with Crippen LogP contribution in [0.4, 0.5) is 5.82 Å². The molecule has 0 spiro atoms. The van der Waals surface area contributed by atoms with Gasteiger partial charge in [-0.15, -0.1) is 0 Å². The number of nitrogens with two attached hydrogens (primary N) is 1. The molecular weight excluding hydrogens is 408 g/mol. The molecule has 4 aromatic rings. The Kier molecular flexibility index (Phi) is 6.05. The van der Waals surface area contributed by atoms with E-state index in [1.165, 1.54) is 0 Å². The number of nitrogen functional groups attached to an aromatic ring is 1. The summed E-state index contributed by atoms with van der Waals surface area (Å²) in [6, 6.07) is 24.9. The summed E-state index contributed by atoms with van der Waals surface area (Å²) in [5.41, 5.74) is 11.6. The van der Waals surface area contributed by atoms with Crippen LogP contribution >= 0.6 is 11.6 Å². The highest BCUT2D eigenvalue weighted by Gasteiger charge is 2.11. The van der Waals surface area contributed by atoms with Crippen molar-refractivity contribution in [2.75, 3.05) is 12.3 Å². The van der Waals surface area contributed by atoms with Crippen molar-refractivity contribution in [1.82, 2.24) is 15.1 Å². The van der Waals surface area contributed by atoms with Crippen molar-refractivity contribution in [3.8, 4) is 16.9 Å². The Labute approximate surface area is 186 Å². The number of carbonyl (C=O) groups is 1. The standard InChI is InChI=1S/C25H23ClN4O/c1-17-4-2-6-20(14-17)23-16-24(27)30(29-23)22-10-8-19(9-11-22)25(31)28-13-12-18-5-3-7-21(26)15-18/h2-11,14-16H,12-13,27H2,1H3,(H,28,31). The van der Waals surface area contributed by atoms with Crippen molar-refractivity contribution in [2.24, 2.45) is 0 Å². The third kappa shape index (κ3) is 4.95. The van der Waals surface area contributed by atoms with Gasteiger partial charge in [0.05, 0.1) is 11.4 Å². The smallest absolute Gasteiger partial charge is 0.251 e. The molecule has 1 amide bonds. The minimum atomic E-state index is -0.123. The van der Waals surface area contributed by atoms with Gasteiger partial charge in [0.15, 0.2) is 0 Å². The van der Waals surface area contributed by atoms with Gasteiger partial charge in [-0.1, -0.05) is 47.5 Å². The van der Waals surface area contributed by atoms with Crippen molar-refractivity contribution in [1.29, 1.82) is 0 Å². The second kappa shape index (κ2) is 9.06. The molecule has 1 heterocycles. The summed E-state index contributed by atoms with van der Waals surface area (Å²) in [5, 5.41) is 8.27. The average molecular weight is 431 g/mol. The van der Waals surface area contributed by atoms with E-state index >= 15 is 0 Å². The Balaban J connectivity index is 1.42. The molecule has 0 atom stereocenters. The number of aryl methyl sites for hydroxylation is 1. The van der Waals surface area contributed by atoms with E-state index in [1.54, 1.807) is 16.8 Å².